The molecule has 0 spiro atoms. The summed E-state index contributed by atoms with van der Waals surface area (Å²) in [6, 6.07) is 14.2. The highest BCUT2D eigenvalue weighted by Gasteiger charge is 2.25. The molecule has 7 aromatic rings. The third-order valence-electron chi connectivity index (χ3n) is 9.63. The van der Waals surface area contributed by atoms with Crippen LogP contribution in [-0.4, -0.2) is 39.9 Å². The van der Waals surface area contributed by atoms with Crippen LogP contribution in [0.5, 0.6) is 0 Å². The molecule has 0 unspecified atom stereocenters. The van der Waals surface area contributed by atoms with Gasteiger partial charge in [-0.1, -0.05) is 47.4 Å². The van der Waals surface area contributed by atoms with Gasteiger partial charge in [0.1, 0.15) is 22.6 Å². The van der Waals surface area contributed by atoms with Crippen molar-refractivity contribution in [2.24, 2.45) is 0 Å². The fraction of sp³-hybridized carbons (Fsp3) is 0. The number of aromatic nitrogens is 8. The normalized spacial score (nSPS) is 10.7. The van der Waals surface area contributed by atoms with Crippen LogP contribution in [0.2, 0.25) is 0 Å². The lowest BCUT2D eigenvalue weighted by Gasteiger charge is -2.03. The van der Waals surface area contributed by atoms with Gasteiger partial charge in [-0.3, -0.25) is 0 Å². The number of nitrogens with one attached hydrogen (secondary N) is 2. The van der Waals surface area contributed by atoms with Gasteiger partial charge in [0.05, 0.1) is 0 Å². The Morgan fingerprint density at radius 3 is 0.679 bits per heavy atom. The monoisotopic (exact) mass is 706 g/mol. The molecular formula is C48H18N8. The summed E-state index contributed by atoms with van der Waals surface area (Å²) >= 11 is 0. The Balaban J connectivity index is 1.54. The third-order valence-corrected chi connectivity index (χ3v) is 9.63. The van der Waals surface area contributed by atoms with Crippen molar-refractivity contribution >= 4 is 44.1 Å². The number of hydrogen-bond acceptors (Lipinski definition) is 6. The molecule has 0 radical (unpaired) electrons. The Labute approximate surface area is 320 Å². The lowest BCUT2D eigenvalue weighted by molar-refractivity contribution is 1.19. The Bertz CT molecular complexity index is 3110. The van der Waals surface area contributed by atoms with E-state index in [0.29, 0.717) is 134 Å². The molecule has 0 saturated carbocycles. The standard InChI is InChI=1S/C48H18N8/c1-9-25-17-33-34(18-26(25)10-2)42-49-41(33)53-43-35-19-27(11-3)28(12-4)20-36(35)45(50-43)55-47-39-23-31(15-7)32(16-8)24-40(39)48(52-47)56-46-38-22-30(14-6)29(13-5)21-37(38)44(51-46)54-42/h1-8,17-24H,(H2,49,50,51,52,53,54,55,56). The number of nitrogens with zero attached hydrogens (tertiary/aromatic N) is 6. The molecule has 250 valence electrons. The van der Waals surface area contributed by atoms with E-state index in [-0.39, 0.29) is 0 Å². The fourth-order valence-electron chi connectivity index (χ4n) is 6.93. The number of terminal acetylenes is 8. The largest absolute Gasteiger partial charge is 0.324 e. The Morgan fingerprint density at radius 2 is 0.482 bits per heavy atom. The van der Waals surface area contributed by atoms with Gasteiger partial charge in [-0.2, -0.15) is 0 Å². The zero-order valence-corrected chi connectivity index (χ0v) is 28.9. The van der Waals surface area contributed by atoms with Gasteiger partial charge in [0.25, 0.3) is 0 Å². The number of hydrogen-bond donors (Lipinski definition) is 2. The minimum atomic E-state index is 0.295. The summed E-state index contributed by atoms with van der Waals surface area (Å²) in [6.45, 7) is 0. The summed E-state index contributed by atoms with van der Waals surface area (Å²) in [4.78, 5) is 36.7. The van der Waals surface area contributed by atoms with Crippen LogP contribution in [-0.2, 0) is 0 Å². The average molecular weight is 707 g/mol. The van der Waals surface area contributed by atoms with E-state index in [1.165, 1.54) is 0 Å². The van der Waals surface area contributed by atoms with Crippen molar-refractivity contribution in [3.8, 4) is 144 Å². The molecule has 0 amide bonds. The number of H-pyrrole nitrogens is 2. The second-order valence-corrected chi connectivity index (χ2v) is 12.5. The van der Waals surface area contributed by atoms with Crippen LogP contribution in [0.15, 0.2) is 48.5 Å². The van der Waals surface area contributed by atoms with E-state index >= 15 is 0 Å². The van der Waals surface area contributed by atoms with E-state index in [2.05, 4.69) is 57.3 Å². The first-order valence-electron chi connectivity index (χ1n) is 16.6. The Kier molecular flexibility index (Phi) is 7.08. The molecule has 0 aliphatic carbocycles. The minimum absolute atomic E-state index is 0.295. The van der Waals surface area contributed by atoms with Crippen molar-refractivity contribution in [2.75, 3.05) is 0 Å². The molecule has 9 rings (SSSR count). The average Bonchev–Trinajstić information content (AvgIpc) is 3.95. The van der Waals surface area contributed by atoms with E-state index in [4.69, 9.17) is 81.3 Å². The van der Waals surface area contributed by atoms with Crippen molar-refractivity contribution in [2.45, 2.75) is 0 Å². The molecule has 4 aromatic carbocycles. The van der Waals surface area contributed by atoms with Crippen molar-refractivity contribution in [3.63, 3.8) is 0 Å². The lowest BCUT2D eigenvalue weighted by atomic mass is 9.99. The van der Waals surface area contributed by atoms with Crippen LogP contribution in [0.25, 0.3) is 89.7 Å². The van der Waals surface area contributed by atoms with Gasteiger partial charge in [-0.15, -0.1) is 51.4 Å². The predicted molar refractivity (Wildman–Crippen MR) is 220 cm³/mol. The summed E-state index contributed by atoms with van der Waals surface area (Å²) in [5, 5.41) is 2.49. The molecule has 5 heterocycles. The molecule has 2 N–H and O–H groups in total. The van der Waals surface area contributed by atoms with Crippen LogP contribution >= 0.6 is 0 Å². The summed E-state index contributed by atoms with van der Waals surface area (Å²) in [5.74, 6) is 22.6. The quantitative estimate of drug-likeness (QED) is 0.170. The maximum Gasteiger partial charge on any atom is 0.164 e. The maximum atomic E-state index is 5.91. The first-order valence-corrected chi connectivity index (χ1v) is 16.6. The van der Waals surface area contributed by atoms with Crippen molar-refractivity contribution in [3.05, 3.63) is 93.0 Å². The molecule has 2 aliphatic rings. The highest BCUT2D eigenvalue weighted by molar-refractivity contribution is 6.08. The fourth-order valence-corrected chi connectivity index (χ4v) is 6.93. The predicted octanol–water partition coefficient (Wildman–Crippen LogP) is 6.72. The third kappa shape index (κ3) is 4.71. The molecule has 8 bridgehead atoms. The second-order valence-electron chi connectivity index (χ2n) is 12.5. The first-order chi connectivity index (χ1) is 27.3. The Hall–Kier alpha value is -9.28. The molecule has 0 atom stereocenters. The van der Waals surface area contributed by atoms with E-state index in [9.17, 15) is 0 Å². The SMILES string of the molecule is C#Cc1cc2c(cc1C#C)-c1nc-2nc2[nH]c(nc3nc(nc4[nH]c(n1)c1cc(C#C)c(C#C)cc41)-c1cc(C#C)c(C#C)cc1-3)c1cc(C#C)c(C#C)cc21. The van der Waals surface area contributed by atoms with Crippen molar-refractivity contribution < 1.29 is 0 Å². The van der Waals surface area contributed by atoms with Crippen molar-refractivity contribution in [1.82, 2.24) is 39.9 Å². The first kappa shape index (κ1) is 32.6. The summed E-state index contributed by atoms with van der Waals surface area (Å²) in [7, 11) is 0. The van der Waals surface area contributed by atoms with E-state index in [0.717, 1.165) is 0 Å². The van der Waals surface area contributed by atoms with Gasteiger partial charge in [-0.05, 0) is 48.5 Å². The number of benzene rings is 4. The smallest absolute Gasteiger partial charge is 0.164 e. The van der Waals surface area contributed by atoms with Gasteiger partial charge in [0.15, 0.2) is 23.3 Å². The number of aromatic amines is 2. The zero-order chi connectivity index (χ0) is 38.8. The summed E-state index contributed by atoms with van der Waals surface area (Å²) in [5.41, 5.74) is 7.80. The second kappa shape index (κ2) is 12.2. The van der Waals surface area contributed by atoms with Gasteiger partial charge in [-0.25, -0.2) is 29.9 Å². The topological polar surface area (TPSA) is 109 Å². The maximum absolute atomic E-state index is 5.91. The number of fused-ring (bicyclic) bond motifs is 20. The number of rotatable bonds is 0. The van der Waals surface area contributed by atoms with Crippen LogP contribution in [0.3, 0.4) is 0 Å². The molecule has 2 aliphatic heterocycles. The van der Waals surface area contributed by atoms with Gasteiger partial charge in [0.2, 0.25) is 0 Å². The Morgan fingerprint density at radius 1 is 0.286 bits per heavy atom. The summed E-state index contributed by atoms with van der Waals surface area (Å²) < 4.78 is 0. The van der Waals surface area contributed by atoms with Crippen LogP contribution in [0, 0.1) is 98.8 Å². The van der Waals surface area contributed by atoms with Crippen LogP contribution < -0.4 is 0 Å². The van der Waals surface area contributed by atoms with Crippen LogP contribution in [0.4, 0.5) is 0 Å². The van der Waals surface area contributed by atoms with E-state index in [1.807, 2.05) is 0 Å². The summed E-state index contributed by atoms with van der Waals surface area (Å²) in [6.07, 6.45) is 47.2. The van der Waals surface area contributed by atoms with E-state index in [1.54, 1.807) is 48.5 Å². The highest BCUT2D eigenvalue weighted by atomic mass is 15.1. The molecule has 3 aromatic heterocycles. The molecule has 8 heteroatoms. The molecule has 8 nitrogen and oxygen atoms in total. The minimum Gasteiger partial charge on any atom is -0.324 e. The van der Waals surface area contributed by atoms with Gasteiger partial charge >= 0.3 is 0 Å². The van der Waals surface area contributed by atoms with E-state index < -0.39 is 0 Å². The molecule has 56 heavy (non-hydrogen) atoms. The lowest BCUT2D eigenvalue weighted by Crippen LogP contribution is -1.89. The van der Waals surface area contributed by atoms with Gasteiger partial charge < -0.3 is 9.97 Å². The van der Waals surface area contributed by atoms with Crippen molar-refractivity contribution in [1.29, 1.82) is 0 Å². The van der Waals surface area contributed by atoms with Gasteiger partial charge in [0, 0.05) is 88.3 Å². The molecular weight excluding hydrogens is 689 g/mol. The highest BCUT2D eigenvalue weighted by Crippen LogP contribution is 2.39. The van der Waals surface area contributed by atoms with Crippen LogP contribution in [0.1, 0.15) is 44.5 Å². The zero-order valence-electron chi connectivity index (χ0n) is 28.9. The molecule has 0 fully saturated rings. The molecule has 0 saturated heterocycles.